The Morgan fingerprint density at radius 1 is 1.03 bits per heavy atom. The quantitative estimate of drug-likeness (QED) is 0.401. The van der Waals surface area contributed by atoms with E-state index >= 15 is 0 Å². The van der Waals surface area contributed by atoms with E-state index in [1.54, 1.807) is 30.3 Å². The van der Waals surface area contributed by atoms with Gasteiger partial charge in [-0.3, -0.25) is 4.79 Å². The van der Waals surface area contributed by atoms with Crippen molar-refractivity contribution in [3.8, 4) is 5.75 Å². The first-order chi connectivity index (χ1) is 14.3. The summed E-state index contributed by atoms with van der Waals surface area (Å²) >= 11 is 5.94. The second-order valence-electron chi connectivity index (χ2n) is 6.26. The van der Waals surface area contributed by atoms with E-state index in [1.807, 2.05) is 18.2 Å². The number of nitrogens with zero attached hydrogens (tertiary/aromatic N) is 1. The molecule has 0 aromatic heterocycles. The maximum atomic E-state index is 12.6. The summed E-state index contributed by atoms with van der Waals surface area (Å²) in [5.74, 6) is 0.0439. The summed E-state index contributed by atoms with van der Waals surface area (Å²) in [5.41, 5.74) is 3.18. The maximum absolute atomic E-state index is 12.6. The van der Waals surface area contributed by atoms with Gasteiger partial charge in [-0.05, 0) is 71.8 Å². The van der Waals surface area contributed by atoms with Crippen LogP contribution in [0.25, 0.3) is 0 Å². The Kier molecular flexibility index (Phi) is 6.74. The number of ether oxygens (including phenoxy) is 1. The minimum Gasteiger partial charge on any atom is -0.489 e. The topological polar surface area (TPSA) is 50.7 Å². The zero-order valence-electron chi connectivity index (χ0n) is 15.5. The van der Waals surface area contributed by atoms with E-state index in [4.69, 9.17) is 16.3 Å². The molecule has 0 saturated heterocycles. The van der Waals surface area contributed by atoms with Crippen LogP contribution in [0, 0.1) is 0 Å². The molecule has 1 N–H and O–H groups in total. The highest BCUT2D eigenvalue weighted by atomic mass is 35.5. The molecule has 0 unspecified atom stereocenters. The molecule has 0 spiro atoms. The molecule has 0 saturated carbocycles. The number of nitrogens with one attached hydrogen (secondary N) is 1. The summed E-state index contributed by atoms with van der Waals surface area (Å²) < 4.78 is 43.3. The molecular formula is C22H16ClF3N2O2. The van der Waals surface area contributed by atoms with E-state index in [1.165, 1.54) is 6.21 Å². The van der Waals surface area contributed by atoms with Crippen LogP contribution in [0.2, 0.25) is 5.02 Å². The first-order valence-electron chi connectivity index (χ1n) is 8.79. The third-order valence-corrected chi connectivity index (χ3v) is 4.26. The molecule has 30 heavy (non-hydrogen) atoms. The number of hydrogen-bond donors (Lipinski definition) is 1. The van der Waals surface area contributed by atoms with E-state index in [-0.39, 0.29) is 5.56 Å². The standard InChI is InChI=1S/C22H16ClF3N2O2/c23-19-3-1-2-16(12-19)14-30-20-10-4-15(5-11-20)13-27-28-21(29)17-6-8-18(9-7-17)22(24,25)26/h1-13H,14H2,(H,28,29)/b27-13+. The van der Waals surface area contributed by atoms with Crippen molar-refractivity contribution >= 4 is 23.7 Å². The van der Waals surface area contributed by atoms with Gasteiger partial charge in [-0.1, -0.05) is 23.7 Å². The van der Waals surface area contributed by atoms with Crippen molar-refractivity contribution in [3.63, 3.8) is 0 Å². The van der Waals surface area contributed by atoms with Crippen LogP contribution in [0.1, 0.15) is 27.0 Å². The van der Waals surface area contributed by atoms with Crippen molar-refractivity contribution in [3.05, 3.63) is 100 Å². The van der Waals surface area contributed by atoms with Crippen LogP contribution >= 0.6 is 11.6 Å². The Bertz CT molecular complexity index is 1030. The highest BCUT2D eigenvalue weighted by Gasteiger charge is 2.30. The second-order valence-corrected chi connectivity index (χ2v) is 6.70. The minimum absolute atomic E-state index is 0.0740. The number of rotatable bonds is 6. The fraction of sp³-hybridized carbons (Fsp3) is 0.0909. The van der Waals surface area contributed by atoms with Crippen LogP contribution < -0.4 is 10.2 Å². The summed E-state index contributed by atoms with van der Waals surface area (Å²) in [5, 5.41) is 4.46. The molecule has 0 fully saturated rings. The fourth-order valence-corrected chi connectivity index (χ4v) is 2.70. The number of carbonyl (C=O) groups excluding carboxylic acids is 1. The van der Waals surface area contributed by atoms with Gasteiger partial charge in [-0.2, -0.15) is 18.3 Å². The smallest absolute Gasteiger partial charge is 0.416 e. The summed E-state index contributed by atoms with van der Waals surface area (Å²) in [4.78, 5) is 12.0. The van der Waals surface area contributed by atoms with Gasteiger partial charge in [0.15, 0.2) is 0 Å². The highest BCUT2D eigenvalue weighted by molar-refractivity contribution is 6.30. The number of hydrogen-bond acceptors (Lipinski definition) is 3. The Morgan fingerprint density at radius 3 is 2.37 bits per heavy atom. The highest BCUT2D eigenvalue weighted by Crippen LogP contribution is 2.29. The Hall–Kier alpha value is -3.32. The van der Waals surface area contributed by atoms with Gasteiger partial charge in [-0.25, -0.2) is 5.43 Å². The zero-order chi connectivity index (χ0) is 21.6. The van der Waals surface area contributed by atoms with Crippen molar-refractivity contribution in [1.82, 2.24) is 5.43 Å². The normalized spacial score (nSPS) is 11.5. The summed E-state index contributed by atoms with van der Waals surface area (Å²) in [6.07, 6.45) is -3.03. The molecule has 154 valence electrons. The van der Waals surface area contributed by atoms with Crippen LogP contribution in [0.15, 0.2) is 77.9 Å². The third-order valence-electron chi connectivity index (χ3n) is 4.03. The largest absolute Gasteiger partial charge is 0.489 e. The van der Waals surface area contributed by atoms with Crippen LogP contribution in [-0.2, 0) is 12.8 Å². The van der Waals surface area contributed by atoms with Gasteiger partial charge in [0.2, 0.25) is 0 Å². The molecule has 0 aliphatic carbocycles. The molecule has 1 amide bonds. The Labute approximate surface area is 175 Å². The SMILES string of the molecule is O=C(N/N=C/c1ccc(OCc2cccc(Cl)c2)cc1)c1ccc(C(F)(F)F)cc1. The summed E-state index contributed by atoms with van der Waals surface area (Å²) in [6.45, 7) is 0.372. The molecule has 0 heterocycles. The van der Waals surface area contributed by atoms with E-state index in [0.29, 0.717) is 22.9 Å². The first kappa shape index (κ1) is 21.4. The summed E-state index contributed by atoms with van der Waals surface area (Å²) in [7, 11) is 0. The lowest BCUT2D eigenvalue weighted by molar-refractivity contribution is -0.137. The van der Waals surface area contributed by atoms with Crippen LogP contribution in [0.5, 0.6) is 5.75 Å². The maximum Gasteiger partial charge on any atom is 0.416 e. The number of amides is 1. The van der Waals surface area contributed by atoms with Gasteiger partial charge < -0.3 is 4.74 Å². The predicted octanol–water partition coefficient (Wildman–Crippen LogP) is 5.70. The number of alkyl halides is 3. The van der Waals surface area contributed by atoms with Crippen molar-refractivity contribution in [2.24, 2.45) is 5.10 Å². The van der Waals surface area contributed by atoms with Crippen LogP contribution in [0.4, 0.5) is 13.2 Å². The molecule has 0 atom stereocenters. The fourth-order valence-electron chi connectivity index (χ4n) is 2.48. The van der Waals surface area contributed by atoms with Gasteiger partial charge in [0, 0.05) is 10.6 Å². The second kappa shape index (κ2) is 9.45. The molecule has 0 aliphatic rings. The van der Waals surface area contributed by atoms with Crippen molar-refractivity contribution in [1.29, 1.82) is 0 Å². The number of halogens is 4. The average Bonchev–Trinajstić information content (AvgIpc) is 2.72. The minimum atomic E-state index is -4.45. The van der Waals surface area contributed by atoms with E-state index in [2.05, 4.69) is 10.5 Å². The monoisotopic (exact) mass is 432 g/mol. The molecule has 4 nitrogen and oxygen atoms in total. The average molecular weight is 433 g/mol. The lowest BCUT2D eigenvalue weighted by atomic mass is 10.1. The van der Waals surface area contributed by atoms with Crippen LogP contribution in [-0.4, -0.2) is 12.1 Å². The number of benzene rings is 3. The van der Waals surface area contributed by atoms with E-state index in [0.717, 1.165) is 29.8 Å². The van der Waals surface area contributed by atoms with Gasteiger partial charge in [0.1, 0.15) is 12.4 Å². The van der Waals surface area contributed by atoms with Gasteiger partial charge >= 0.3 is 6.18 Å². The summed E-state index contributed by atoms with van der Waals surface area (Å²) in [6, 6.07) is 18.3. The molecule has 3 aromatic rings. The lowest BCUT2D eigenvalue weighted by Crippen LogP contribution is -2.18. The molecule has 0 bridgehead atoms. The van der Waals surface area contributed by atoms with Gasteiger partial charge in [-0.15, -0.1) is 0 Å². The van der Waals surface area contributed by atoms with Crippen molar-refractivity contribution in [2.45, 2.75) is 12.8 Å². The van der Waals surface area contributed by atoms with E-state index in [9.17, 15) is 18.0 Å². The number of hydrazone groups is 1. The van der Waals surface area contributed by atoms with Crippen LogP contribution in [0.3, 0.4) is 0 Å². The zero-order valence-corrected chi connectivity index (χ0v) is 16.2. The third kappa shape index (κ3) is 6.09. The molecular weight excluding hydrogens is 417 g/mol. The molecule has 8 heteroatoms. The Balaban J connectivity index is 1.51. The molecule has 3 aromatic carbocycles. The van der Waals surface area contributed by atoms with Gasteiger partial charge in [0.05, 0.1) is 11.8 Å². The lowest BCUT2D eigenvalue weighted by Gasteiger charge is -2.07. The van der Waals surface area contributed by atoms with Gasteiger partial charge in [0.25, 0.3) is 5.91 Å². The first-order valence-corrected chi connectivity index (χ1v) is 9.17. The number of carbonyl (C=O) groups is 1. The predicted molar refractivity (Wildman–Crippen MR) is 109 cm³/mol. The molecule has 3 rings (SSSR count). The molecule has 0 aliphatic heterocycles. The van der Waals surface area contributed by atoms with Crippen molar-refractivity contribution < 1.29 is 22.7 Å². The van der Waals surface area contributed by atoms with Crippen molar-refractivity contribution in [2.75, 3.05) is 0 Å². The molecule has 0 radical (unpaired) electrons. The Morgan fingerprint density at radius 2 is 1.73 bits per heavy atom. The van der Waals surface area contributed by atoms with E-state index < -0.39 is 17.6 Å².